The summed E-state index contributed by atoms with van der Waals surface area (Å²) in [5, 5.41) is 4.87. The van der Waals surface area contributed by atoms with Gasteiger partial charge in [-0.05, 0) is 44.5 Å². The van der Waals surface area contributed by atoms with Crippen LogP contribution >= 0.6 is 0 Å². The molecule has 0 fully saturated rings. The van der Waals surface area contributed by atoms with Crippen molar-refractivity contribution >= 4 is 10.9 Å². The quantitative estimate of drug-likeness (QED) is 0.852. The highest BCUT2D eigenvalue weighted by atomic mass is 16.5. The number of benzene rings is 1. The van der Waals surface area contributed by atoms with Crippen LogP contribution in [0.15, 0.2) is 18.2 Å². The molecule has 0 unspecified atom stereocenters. The molecule has 0 radical (unpaired) electrons. The maximum Gasteiger partial charge on any atom is 0.120 e. The lowest BCUT2D eigenvalue weighted by Crippen LogP contribution is -2.44. The summed E-state index contributed by atoms with van der Waals surface area (Å²) < 4.78 is 5.58. The van der Waals surface area contributed by atoms with Gasteiger partial charge in [0, 0.05) is 35.1 Å². The molecule has 1 aliphatic rings. The summed E-state index contributed by atoms with van der Waals surface area (Å²) in [6.07, 6.45) is 1.04. The molecule has 1 aromatic carbocycles. The van der Waals surface area contributed by atoms with Crippen LogP contribution in [0.2, 0.25) is 0 Å². The highest BCUT2D eigenvalue weighted by Crippen LogP contribution is 2.31. The molecule has 0 saturated carbocycles. The monoisotopic (exact) mass is 244 g/mol. The van der Waals surface area contributed by atoms with Crippen molar-refractivity contribution in [2.75, 3.05) is 6.61 Å². The van der Waals surface area contributed by atoms with Crippen LogP contribution in [-0.4, -0.2) is 17.1 Å². The lowest BCUT2D eigenvalue weighted by molar-refractivity contribution is 0.340. The van der Waals surface area contributed by atoms with Gasteiger partial charge in [0.2, 0.25) is 0 Å². The van der Waals surface area contributed by atoms with Crippen molar-refractivity contribution in [3.63, 3.8) is 0 Å². The number of hydrogen-bond donors (Lipinski definition) is 2. The van der Waals surface area contributed by atoms with Crippen LogP contribution in [0.5, 0.6) is 5.75 Å². The fourth-order valence-electron chi connectivity index (χ4n) is 2.72. The Bertz CT molecular complexity index is 583. The second-order valence-electron chi connectivity index (χ2n) is 5.64. The maximum atomic E-state index is 5.58. The summed E-state index contributed by atoms with van der Waals surface area (Å²) in [6.45, 7) is 8.14. The molecular formula is C15H20N2O. The first kappa shape index (κ1) is 11.6. The van der Waals surface area contributed by atoms with Crippen molar-refractivity contribution in [1.29, 1.82) is 0 Å². The van der Waals surface area contributed by atoms with Gasteiger partial charge in [-0.1, -0.05) is 0 Å². The van der Waals surface area contributed by atoms with Gasteiger partial charge in [0.15, 0.2) is 0 Å². The van der Waals surface area contributed by atoms with Gasteiger partial charge in [-0.2, -0.15) is 0 Å². The predicted molar refractivity (Wildman–Crippen MR) is 74.1 cm³/mol. The van der Waals surface area contributed by atoms with Crippen LogP contribution in [0.25, 0.3) is 10.9 Å². The number of aromatic nitrogens is 1. The van der Waals surface area contributed by atoms with Crippen LogP contribution in [0, 0.1) is 0 Å². The van der Waals surface area contributed by atoms with E-state index in [0.717, 1.165) is 18.7 Å². The molecule has 3 rings (SSSR count). The summed E-state index contributed by atoms with van der Waals surface area (Å²) in [7, 11) is 0. The smallest absolute Gasteiger partial charge is 0.120 e. The van der Waals surface area contributed by atoms with E-state index in [9.17, 15) is 0 Å². The normalized spacial score (nSPS) is 17.7. The molecule has 0 aliphatic carbocycles. The first-order chi connectivity index (χ1) is 8.59. The number of rotatable bonds is 2. The molecule has 0 bridgehead atoms. The molecule has 18 heavy (non-hydrogen) atoms. The minimum atomic E-state index is 0.177. The molecular weight excluding hydrogens is 224 g/mol. The standard InChI is InChI=1S/C15H20N2O/c1-4-18-10-5-6-13-11(7-10)12-9-16-15(2,3)8-14(12)17-13/h5-7,16-17H,4,8-9H2,1-3H3. The van der Waals surface area contributed by atoms with E-state index in [1.807, 2.05) is 13.0 Å². The van der Waals surface area contributed by atoms with Crippen molar-refractivity contribution in [2.24, 2.45) is 0 Å². The molecule has 3 nitrogen and oxygen atoms in total. The third-order valence-electron chi connectivity index (χ3n) is 3.64. The number of nitrogens with one attached hydrogen (secondary N) is 2. The minimum Gasteiger partial charge on any atom is -0.494 e. The van der Waals surface area contributed by atoms with E-state index in [1.54, 1.807) is 0 Å². The predicted octanol–water partition coefficient (Wildman–Crippen LogP) is 2.99. The molecule has 0 atom stereocenters. The zero-order valence-electron chi connectivity index (χ0n) is 11.3. The van der Waals surface area contributed by atoms with Gasteiger partial charge in [0.1, 0.15) is 5.75 Å². The lowest BCUT2D eigenvalue weighted by Gasteiger charge is -2.31. The van der Waals surface area contributed by atoms with Gasteiger partial charge >= 0.3 is 0 Å². The van der Waals surface area contributed by atoms with Crippen molar-refractivity contribution in [1.82, 2.24) is 10.3 Å². The first-order valence-electron chi connectivity index (χ1n) is 6.60. The third kappa shape index (κ3) is 1.89. The Kier molecular flexibility index (Phi) is 2.59. The van der Waals surface area contributed by atoms with E-state index < -0.39 is 0 Å². The summed E-state index contributed by atoms with van der Waals surface area (Å²) in [4.78, 5) is 3.55. The molecule has 1 aliphatic heterocycles. The SMILES string of the molecule is CCOc1ccc2[nH]c3c(c2c1)CNC(C)(C)C3. The van der Waals surface area contributed by atoms with E-state index in [2.05, 4.69) is 36.3 Å². The minimum absolute atomic E-state index is 0.177. The fourth-order valence-corrected chi connectivity index (χ4v) is 2.72. The maximum absolute atomic E-state index is 5.58. The largest absolute Gasteiger partial charge is 0.494 e. The second kappa shape index (κ2) is 4.02. The number of H-pyrrole nitrogens is 1. The van der Waals surface area contributed by atoms with E-state index in [0.29, 0.717) is 6.61 Å². The third-order valence-corrected chi connectivity index (χ3v) is 3.64. The van der Waals surface area contributed by atoms with Crippen molar-refractivity contribution < 1.29 is 4.74 Å². The summed E-state index contributed by atoms with van der Waals surface area (Å²) in [6, 6.07) is 6.30. The molecule has 3 heteroatoms. The van der Waals surface area contributed by atoms with Gasteiger partial charge in [-0.15, -0.1) is 0 Å². The number of fused-ring (bicyclic) bond motifs is 3. The number of hydrogen-bond acceptors (Lipinski definition) is 2. The molecule has 0 saturated heterocycles. The molecule has 2 N–H and O–H groups in total. The van der Waals surface area contributed by atoms with Crippen LogP contribution in [-0.2, 0) is 13.0 Å². The summed E-state index contributed by atoms with van der Waals surface area (Å²) in [5.74, 6) is 0.955. The molecule has 0 amide bonds. The van der Waals surface area contributed by atoms with Gasteiger partial charge in [0.05, 0.1) is 6.61 Å². The average Bonchev–Trinajstić information content (AvgIpc) is 2.64. The first-order valence-corrected chi connectivity index (χ1v) is 6.60. The second-order valence-corrected chi connectivity index (χ2v) is 5.64. The Labute approximate surface area is 108 Å². The van der Waals surface area contributed by atoms with E-state index in [-0.39, 0.29) is 5.54 Å². The van der Waals surface area contributed by atoms with Crippen LogP contribution in [0.3, 0.4) is 0 Å². The summed E-state index contributed by atoms with van der Waals surface area (Å²) in [5.41, 5.74) is 4.15. The van der Waals surface area contributed by atoms with E-state index in [1.165, 1.54) is 22.2 Å². The number of aromatic amines is 1. The van der Waals surface area contributed by atoms with Crippen molar-refractivity contribution in [3.8, 4) is 5.75 Å². The molecule has 0 spiro atoms. The Morgan fingerprint density at radius 3 is 2.94 bits per heavy atom. The molecule has 96 valence electrons. The van der Waals surface area contributed by atoms with Crippen LogP contribution < -0.4 is 10.1 Å². The van der Waals surface area contributed by atoms with Gasteiger partial charge in [-0.25, -0.2) is 0 Å². The Morgan fingerprint density at radius 1 is 1.33 bits per heavy atom. The molecule has 1 aromatic heterocycles. The Morgan fingerprint density at radius 2 is 2.17 bits per heavy atom. The highest BCUT2D eigenvalue weighted by Gasteiger charge is 2.27. The van der Waals surface area contributed by atoms with Gasteiger partial charge in [0.25, 0.3) is 0 Å². The molecule has 2 aromatic rings. The van der Waals surface area contributed by atoms with Crippen molar-refractivity contribution in [3.05, 3.63) is 29.5 Å². The van der Waals surface area contributed by atoms with E-state index >= 15 is 0 Å². The summed E-state index contributed by atoms with van der Waals surface area (Å²) >= 11 is 0. The zero-order valence-corrected chi connectivity index (χ0v) is 11.3. The lowest BCUT2D eigenvalue weighted by atomic mass is 9.91. The van der Waals surface area contributed by atoms with Crippen LogP contribution in [0.4, 0.5) is 0 Å². The fraction of sp³-hybridized carbons (Fsp3) is 0.467. The van der Waals surface area contributed by atoms with Gasteiger partial charge in [-0.3, -0.25) is 0 Å². The zero-order chi connectivity index (χ0) is 12.8. The Hall–Kier alpha value is -1.48. The average molecular weight is 244 g/mol. The van der Waals surface area contributed by atoms with E-state index in [4.69, 9.17) is 4.74 Å². The number of ether oxygens (including phenoxy) is 1. The topological polar surface area (TPSA) is 37.0 Å². The van der Waals surface area contributed by atoms with Crippen LogP contribution in [0.1, 0.15) is 32.0 Å². The van der Waals surface area contributed by atoms with Gasteiger partial charge < -0.3 is 15.0 Å². The molecule has 2 heterocycles. The Balaban J connectivity index is 2.08. The highest BCUT2D eigenvalue weighted by molar-refractivity contribution is 5.86. The van der Waals surface area contributed by atoms with Crippen molar-refractivity contribution in [2.45, 2.75) is 39.3 Å².